The number of benzene rings is 2. The van der Waals surface area contributed by atoms with Crippen molar-refractivity contribution in [3.05, 3.63) is 65.9 Å². The summed E-state index contributed by atoms with van der Waals surface area (Å²) in [6.07, 6.45) is 0.885. The Labute approximate surface area is 208 Å². The van der Waals surface area contributed by atoms with Crippen molar-refractivity contribution in [2.75, 3.05) is 37.0 Å². The van der Waals surface area contributed by atoms with E-state index in [1.54, 1.807) is 0 Å². The minimum absolute atomic E-state index is 0.0887. The fraction of sp³-hybridized carbons (Fsp3) is 0.346. The van der Waals surface area contributed by atoms with Crippen molar-refractivity contribution in [2.45, 2.75) is 31.5 Å². The molecule has 0 saturated carbocycles. The first-order valence-electron chi connectivity index (χ1n) is 11.9. The molecule has 1 atom stereocenters. The van der Waals surface area contributed by atoms with Crippen LogP contribution in [0.4, 0.5) is 5.95 Å². The minimum atomic E-state index is -0.238. The Hall–Kier alpha value is -3.30. The fourth-order valence-electron chi connectivity index (χ4n) is 4.26. The second-order valence-corrected chi connectivity index (χ2v) is 9.41. The van der Waals surface area contributed by atoms with E-state index >= 15 is 0 Å². The first-order valence-corrected chi connectivity index (χ1v) is 12.9. The molecule has 1 amide bonds. The molecule has 1 aliphatic heterocycles. The SMILES string of the molecule is CCc1ccccc1-n1c(SCC(=O)N[C@H](C)c2cc3ccccc3o2)nnc1N1CCOCC1. The number of aromatic nitrogens is 3. The quantitative estimate of drug-likeness (QED) is 0.366. The number of ether oxygens (including phenoxy) is 1. The second-order valence-electron chi connectivity index (χ2n) is 8.46. The highest BCUT2D eigenvalue weighted by Gasteiger charge is 2.24. The Morgan fingerprint density at radius 3 is 2.69 bits per heavy atom. The van der Waals surface area contributed by atoms with E-state index in [9.17, 15) is 4.79 Å². The molecule has 9 heteroatoms. The molecule has 0 spiro atoms. The summed E-state index contributed by atoms with van der Waals surface area (Å²) < 4.78 is 13.5. The van der Waals surface area contributed by atoms with Crippen LogP contribution in [0.1, 0.15) is 31.2 Å². The van der Waals surface area contributed by atoms with Crippen molar-refractivity contribution in [2.24, 2.45) is 0 Å². The average molecular weight is 492 g/mol. The highest BCUT2D eigenvalue weighted by molar-refractivity contribution is 7.99. The molecule has 0 aliphatic carbocycles. The number of fused-ring (bicyclic) bond motifs is 1. The summed E-state index contributed by atoms with van der Waals surface area (Å²) in [6, 6.07) is 17.8. The summed E-state index contributed by atoms with van der Waals surface area (Å²) in [5.41, 5.74) is 3.06. The number of carbonyl (C=O) groups is 1. The maximum atomic E-state index is 12.8. The maximum absolute atomic E-state index is 12.8. The normalized spacial score (nSPS) is 14.9. The van der Waals surface area contributed by atoms with E-state index in [2.05, 4.69) is 44.0 Å². The zero-order valence-electron chi connectivity index (χ0n) is 19.9. The van der Waals surface area contributed by atoms with Gasteiger partial charge in [-0.15, -0.1) is 10.2 Å². The van der Waals surface area contributed by atoms with E-state index in [1.165, 1.54) is 17.3 Å². The number of hydrogen-bond donors (Lipinski definition) is 1. The monoisotopic (exact) mass is 491 g/mol. The van der Waals surface area contributed by atoms with Gasteiger partial charge in [0, 0.05) is 18.5 Å². The molecule has 4 aromatic rings. The van der Waals surface area contributed by atoms with Crippen LogP contribution in [-0.2, 0) is 16.0 Å². The van der Waals surface area contributed by atoms with Gasteiger partial charge < -0.3 is 19.4 Å². The van der Waals surface area contributed by atoms with Gasteiger partial charge in [0.1, 0.15) is 11.3 Å². The minimum Gasteiger partial charge on any atom is -0.459 e. The van der Waals surface area contributed by atoms with Gasteiger partial charge in [-0.2, -0.15) is 0 Å². The number of nitrogens with zero attached hydrogens (tertiary/aromatic N) is 4. The van der Waals surface area contributed by atoms with Crippen LogP contribution < -0.4 is 10.2 Å². The molecule has 1 fully saturated rings. The van der Waals surface area contributed by atoms with E-state index in [0.29, 0.717) is 18.4 Å². The van der Waals surface area contributed by atoms with Crippen LogP contribution >= 0.6 is 11.8 Å². The number of thioether (sulfide) groups is 1. The van der Waals surface area contributed by atoms with Crippen molar-refractivity contribution in [3.63, 3.8) is 0 Å². The molecule has 2 aromatic heterocycles. The van der Waals surface area contributed by atoms with Crippen molar-refractivity contribution in [1.29, 1.82) is 0 Å². The molecule has 35 heavy (non-hydrogen) atoms. The van der Waals surface area contributed by atoms with Gasteiger partial charge in [-0.3, -0.25) is 9.36 Å². The van der Waals surface area contributed by atoms with E-state index < -0.39 is 0 Å². The van der Waals surface area contributed by atoms with Crippen LogP contribution in [0.15, 0.2) is 64.2 Å². The van der Waals surface area contributed by atoms with Gasteiger partial charge in [-0.25, -0.2) is 0 Å². The molecule has 3 heterocycles. The number of amides is 1. The highest BCUT2D eigenvalue weighted by Crippen LogP contribution is 2.30. The molecule has 182 valence electrons. The number of para-hydroxylation sites is 2. The fourth-order valence-corrected chi connectivity index (χ4v) is 5.01. The van der Waals surface area contributed by atoms with Gasteiger partial charge in [-0.05, 0) is 37.1 Å². The molecule has 5 rings (SSSR count). The second kappa shape index (κ2) is 10.5. The van der Waals surface area contributed by atoms with E-state index in [0.717, 1.165) is 47.9 Å². The number of rotatable bonds is 8. The third-order valence-corrected chi connectivity index (χ3v) is 7.03. The number of morpholine rings is 1. The van der Waals surface area contributed by atoms with Crippen molar-refractivity contribution in [1.82, 2.24) is 20.1 Å². The Balaban J connectivity index is 1.33. The third-order valence-electron chi connectivity index (χ3n) is 6.10. The van der Waals surface area contributed by atoms with Gasteiger partial charge in [0.2, 0.25) is 11.9 Å². The third kappa shape index (κ3) is 5.06. The molecule has 8 nitrogen and oxygen atoms in total. The molecule has 0 unspecified atom stereocenters. The molecular weight excluding hydrogens is 462 g/mol. The van der Waals surface area contributed by atoms with Gasteiger partial charge in [0.05, 0.1) is 30.7 Å². The van der Waals surface area contributed by atoms with Gasteiger partial charge >= 0.3 is 0 Å². The zero-order valence-corrected chi connectivity index (χ0v) is 20.8. The number of aryl methyl sites for hydroxylation is 1. The molecule has 1 saturated heterocycles. The Morgan fingerprint density at radius 1 is 1.11 bits per heavy atom. The Morgan fingerprint density at radius 2 is 1.89 bits per heavy atom. The zero-order chi connectivity index (χ0) is 24.2. The molecule has 2 aromatic carbocycles. The number of anilines is 1. The Bertz CT molecular complexity index is 1280. The van der Waals surface area contributed by atoms with E-state index in [-0.39, 0.29) is 17.7 Å². The van der Waals surface area contributed by atoms with Crippen LogP contribution in [0.5, 0.6) is 0 Å². The van der Waals surface area contributed by atoms with Gasteiger partial charge in [-0.1, -0.05) is 55.1 Å². The highest BCUT2D eigenvalue weighted by atomic mass is 32.2. The molecule has 1 aliphatic rings. The van der Waals surface area contributed by atoms with Gasteiger partial charge in [0.25, 0.3) is 0 Å². The molecule has 0 radical (unpaired) electrons. The van der Waals surface area contributed by atoms with Crippen molar-refractivity contribution in [3.8, 4) is 5.69 Å². The summed E-state index contributed by atoms with van der Waals surface area (Å²) >= 11 is 1.38. The van der Waals surface area contributed by atoms with Crippen LogP contribution in [0.2, 0.25) is 0 Å². The summed E-state index contributed by atoms with van der Waals surface area (Å²) in [6.45, 7) is 6.90. The summed E-state index contributed by atoms with van der Waals surface area (Å²) in [7, 11) is 0. The first kappa shape index (κ1) is 23.4. The maximum Gasteiger partial charge on any atom is 0.232 e. The van der Waals surface area contributed by atoms with Crippen LogP contribution in [0, 0.1) is 0 Å². The number of furan rings is 1. The predicted octanol–water partition coefficient (Wildman–Crippen LogP) is 4.38. The van der Waals surface area contributed by atoms with E-state index in [1.807, 2.05) is 49.4 Å². The van der Waals surface area contributed by atoms with Crippen LogP contribution in [0.25, 0.3) is 16.7 Å². The number of nitrogens with one attached hydrogen (secondary N) is 1. The first-order chi connectivity index (χ1) is 17.1. The van der Waals surface area contributed by atoms with Crippen molar-refractivity contribution < 1.29 is 13.9 Å². The topological polar surface area (TPSA) is 85.4 Å². The molecule has 1 N–H and O–H groups in total. The Kier molecular flexibility index (Phi) is 7.06. The number of carbonyl (C=O) groups excluding carboxylic acids is 1. The lowest BCUT2D eigenvalue weighted by atomic mass is 10.1. The van der Waals surface area contributed by atoms with E-state index in [4.69, 9.17) is 9.15 Å². The summed E-state index contributed by atoms with van der Waals surface area (Å²) in [5, 5.41) is 13.8. The lowest BCUT2D eigenvalue weighted by molar-refractivity contribution is -0.119. The lowest BCUT2D eigenvalue weighted by Crippen LogP contribution is -2.38. The molecular formula is C26H29N5O3S. The van der Waals surface area contributed by atoms with Crippen molar-refractivity contribution >= 4 is 34.6 Å². The smallest absolute Gasteiger partial charge is 0.232 e. The van der Waals surface area contributed by atoms with Crippen LogP contribution in [-0.4, -0.2) is 52.7 Å². The lowest BCUT2D eigenvalue weighted by Gasteiger charge is -2.28. The largest absolute Gasteiger partial charge is 0.459 e. The summed E-state index contributed by atoms with van der Waals surface area (Å²) in [4.78, 5) is 15.0. The van der Waals surface area contributed by atoms with Crippen LogP contribution in [0.3, 0.4) is 0 Å². The average Bonchev–Trinajstić information content (AvgIpc) is 3.52. The van der Waals surface area contributed by atoms with Gasteiger partial charge in [0.15, 0.2) is 5.16 Å². The predicted molar refractivity (Wildman–Crippen MR) is 137 cm³/mol. The molecule has 0 bridgehead atoms. The standard InChI is InChI=1S/C26H29N5O3S/c1-3-19-8-4-6-10-21(19)31-25(30-12-14-33-15-13-30)28-29-26(31)35-17-24(32)27-18(2)23-16-20-9-5-7-11-22(20)34-23/h4-11,16,18H,3,12-15,17H2,1-2H3,(H,27,32)/t18-/m1/s1. The number of hydrogen-bond acceptors (Lipinski definition) is 7. The summed E-state index contributed by atoms with van der Waals surface area (Å²) in [5.74, 6) is 1.65.